The van der Waals surface area contributed by atoms with Gasteiger partial charge in [-0.05, 0) is 36.8 Å². The van der Waals surface area contributed by atoms with E-state index in [2.05, 4.69) is 11.9 Å². The van der Waals surface area contributed by atoms with Gasteiger partial charge < -0.3 is 9.47 Å². The largest absolute Gasteiger partial charge is 0.493 e. The molecular formula is C13H19NO2. The predicted molar refractivity (Wildman–Crippen MR) is 66.9 cm³/mol. The van der Waals surface area contributed by atoms with Crippen LogP contribution in [0.2, 0.25) is 0 Å². The minimum absolute atomic E-state index is 0.767. The van der Waals surface area contributed by atoms with Crippen LogP contribution in [0.3, 0.4) is 0 Å². The van der Waals surface area contributed by atoms with Crippen LogP contribution >= 0.6 is 0 Å². The van der Waals surface area contributed by atoms with Gasteiger partial charge in [-0.2, -0.15) is 0 Å². The molecule has 0 saturated carbocycles. The van der Waals surface area contributed by atoms with E-state index in [0.717, 1.165) is 30.9 Å². The summed E-state index contributed by atoms with van der Waals surface area (Å²) >= 11 is 0. The first kappa shape index (κ1) is 12.6. The molecule has 0 aliphatic carbocycles. The van der Waals surface area contributed by atoms with Gasteiger partial charge in [0.05, 0.1) is 14.2 Å². The van der Waals surface area contributed by atoms with Crippen LogP contribution in [0.5, 0.6) is 11.5 Å². The van der Waals surface area contributed by atoms with E-state index in [1.165, 1.54) is 5.56 Å². The second-order valence-corrected chi connectivity index (χ2v) is 3.44. The highest BCUT2D eigenvalue weighted by Gasteiger charge is 2.03. The highest BCUT2D eigenvalue weighted by atomic mass is 16.5. The van der Waals surface area contributed by atoms with Crippen molar-refractivity contribution < 1.29 is 9.47 Å². The first-order valence-corrected chi connectivity index (χ1v) is 5.51. The number of benzene rings is 1. The zero-order valence-electron chi connectivity index (χ0n) is 10.2. The van der Waals surface area contributed by atoms with E-state index in [9.17, 15) is 0 Å². The fourth-order valence-electron chi connectivity index (χ4n) is 1.45. The molecule has 3 heteroatoms. The Labute approximate surface area is 97.1 Å². The summed E-state index contributed by atoms with van der Waals surface area (Å²) in [6.07, 6.45) is 3.86. The first-order chi connectivity index (χ1) is 7.81. The quantitative estimate of drug-likeness (QED) is 0.691. The average molecular weight is 221 g/mol. The van der Waals surface area contributed by atoms with E-state index in [-0.39, 0.29) is 0 Å². The summed E-state index contributed by atoms with van der Waals surface area (Å²) in [6, 6.07) is 5.97. The first-order valence-electron chi connectivity index (χ1n) is 5.51. The van der Waals surface area contributed by atoms with Crippen molar-refractivity contribution in [3.8, 4) is 11.5 Å². The second-order valence-electron chi connectivity index (χ2n) is 3.44. The van der Waals surface area contributed by atoms with Gasteiger partial charge in [-0.15, -0.1) is 0 Å². The van der Waals surface area contributed by atoms with Gasteiger partial charge in [0, 0.05) is 6.54 Å². The lowest BCUT2D eigenvalue weighted by molar-refractivity contribution is 0.354. The van der Waals surface area contributed by atoms with Crippen LogP contribution in [-0.2, 0) is 6.42 Å². The number of ether oxygens (including phenoxy) is 2. The number of aliphatic imine (C=N–C) groups is 1. The maximum absolute atomic E-state index is 5.24. The summed E-state index contributed by atoms with van der Waals surface area (Å²) in [6.45, 7) is 2.91. The maximum atomic E-state index is 5.24. The number of hydrogen-bond acceptors (Lipinski definition) is 3. The minimum atomic E-state index is 0.767. The van der Waals surface area contributed by atoms with Crippen molar-refractivity contribution in [3.05, 3.63) is 23.8 Å². The van der Waals surface area contributed by atoms with E-state index in [4.69, 9.17) is 9.47 Å². The SMILES string of the molecule is CCC=NCCc1ccc(OC)c(OC)c1. The Hall–Kier alpha value is -1.51. The summed E-state index contributed by atoms with van der Waals surface area (Å²) in [4.78, 5) is 4.29. The number of rotatable bonds is 6. The summed E-state index contributed by atoms with van der Waals surface area (Å²) in [5, 5.41) is 0. The lowest BCUT2D eigenvalue weighted by Crippen LogP contribution is -1.94. The molecule has 0 fully saturated rings. The number of methoxy groups -OCH3 is 2. The van der Waals surface area contributed by atoms with Crippen molar-refractivity contribution >= 4 is 6.21 Å². The monoisotopic (exact) mass is 221 g/mol. The molecule has 0 spiro atoms. The van der Waals surface area contributed by atoms with E-state index in [1.54, 1.807) is 14.2 Å². The predicted octanol–water partition coefficient (Wildman–Crippen LogP) is 2.73. The molecule has 0 heterocycles. The van der Waals surface area contributed by atoms with Crippen molar-refractivity contribution in [1.29, 1.82) is 0 Å². The molecule has 0 bridgehead atoms. The molecule has 0 aromatic heterocycles. The molecule has 3 nitrogen and oxygen atoms in total. The molecule has 1 rings (SSSR count). The van der Waals surface area contributed by atoms with Crippen molar-refractivity contribution in [3.63, 3.8) is 0 Å². The van der Waals surface area contributed by atoms with Crippen LogP contribution in [0.15, 0.2) is 23.2 Å². The zero-order valence-corrected chi connectivity index (χ0v) is 10.2. The van der Waals surface area contributed by atoms with Gasteiger partial charge in [-0.25, -0.2) is 0 Å². The molecule has 0 radical (unpaired) electrons. The third-order valence-electron chi connectivity index (χ3n) is 2.29. The zero-order chi connectivity index (χ0) is 11.8. The van der Waals surface area contributed by atoms with Gasteiger partial charge in [-0.1, -0.05) is 13.0 Å². The second kappa shape index (κ2) is 6.88. The van der Waals surface area contributed by atoms with Crippen LogP contribution in [0.25, 0.3) is 0 Å². The molecule has 0 aliphatic heterocycles. The van der Waals surface area contributed by atoms with Gasteiger partial charge in [0.25, 0.3) is 0 Å². The van der Waals surface area contributed by atoms with E-state index in [0.29, 0.717) is 0 Å². The Kier molecular flexibility index (Phi) is 5.40. The van der Waals surface area contributed by atoms with Crippen molar-refractivity contribution in [1.82, 2.24) is 0 Å². The lowest BCUT2D eigenvalue weighted by atomic mass is 10.1. The Morgan fingerprint density at radius 3 is 2.56 bits per heavy atom. The molecule has 1 aromatic rings. The van der Waals surface area contributed by atoms with Crippen molar-refractivity contribution in [2.45, 2.75) is 19.8 Å². The summed E-state index contributed by atoms with van der Waals surface area (Å²) in [7, 11) is 3.29. The van der Waals surface area contributed by atoms with Crippen LogP contribution in [-0.4, -0.2) is 27.0 Å². The van der Waals surface area contributed by atoms with Crippen LogP contribution < -0.4 is 9.47 Å². The van der Waals surface area contributed by atoms with Crippen molar-refractivity contribution in [2.24, 2.45) is 4.99 Å². The van der Waals surface area contributed by atoms with Gasteiger partial charge in [-0.3, -0.25) is 4.99 Å². The summed E-state index contributed by atoms with van der Waals surface area (Å²) in [5.74, 6) is 1.54. The van der Waals surface area contributed by atoms with Crippen LogP contribution in [0.4, 0.5) is 0 Å². The topological polar surface area (TPSA) is 30.8 Å². The summed E-state index contributed by atoms with van der Waals surface area (Å²) < 4.78 is 10.4. The Morgan fingerprint density at radius 1 is 1.19 bits per heavy atom. The molecule has 0 unspecified atom stereocenters. The molecule has 16 heavy (non-hydrogen) atoms. The molecule has 0 aliphatic rings. The normalized spacial score (nSPS) is 10.7. The van der Waals surface area contributed by atoms with Crippen LogP contribution in [0.1, 0.15) is 18.9 Å². The lowest BCUT2D eigenvalue weighted by Gasteiger charge is -2.08. The number of hydrogen-bond donors (Lipinski definition) is 0. The molecule has 88 valence electrons. The van der Waals surface area contributed by atoms with Gasteiger partial charge in [0.1, 0.15) is 0 Å². The summed E-state index contributed by atoms with van der Waals surface area (Å²) in [5.41, 5.74) is 1.21. The highest BCUT2D eigenvalue weighted by Crippen LogP contribution is 2.27. The molecule has 0 amide bonds. The Balaban J connectivity index is 2.64. The third kappa shape index (κ3) is 3.57. The maximum Gasteiger partial charge on any atom is 0.160 e. The Morgan fingerprint density at radius 2 is 1.94 bits per heavy atom. The van der Waals surface area contributed by atoms with Crippen molar-refractivity contribution in [2.75, 3.05) is 20.8 Å². The van der Waals surface area contributed by atoms with Crippen LogP contribution in [0, 0.1) is 0 Å². The highest BCUT2D eigenvalue weighted by molar-refractivity contribution is 5.56. The fraction of sp³-hybridized carbons (Fsp3) is 0.462. The molecule has 0 N–H and O–H groups in total. The van der Waals surface area contributed by atoms with E-state index in [1.807, 2.05) is 24.4 Å². The average Bonchev–Trinajstić information content (AvgIpc) is 2.34. The standard InChI is InChI=1S/C13H19NO2/c1-4-8-14-9-7-11-5-6-12(15-2)13(10-11)16-3/h5-6,8,10H,4,7,9H2,1-3H3. The van der Waals surface area contributed by atoms with E-state index < -0.39 is 0 Å². The number of nitrogens with zero attached hydrogens (tertiary/aromatic N) is 1. The molecule has 0 atom stereocenters. The molecular weight excluding hydrogens is 202 g/mol. The molecule has 0 saturated heterocycles. The third-order valence-corrected chi connectivity index (χ3v) is 2.29. The molecule has 1 aromatic carbocycles. The smallest absolute Gasteiger partial charge is 0.160 e. The van der Waals surface area contributed by atoms with Gasteiger partial charge >= 0.3 is 0 Å². The van der Waals surface area contributed by atoms with Gasteiger partial charge in [0.15, 0.2) is 11.5 Å². The fourth-order valence-corrected chi connectivity index (χ4v) is 1.45. The van der Waals surface area contributed by atoms with E-state index >= 15 is 0 Å². The Bertz CT molecular complexity index is 348. The van der Waals surface area contributed by atoms with Gasteiger partial charge in [0.2, 0.25) is 0 Å². The minimum Gasteiger partial charge on any atom is -0.493 e.